The molecule has 16 heavy (non-hydrogen) atoms. The molecule has 1 heterocycles. The SMILES string of the molecule is CC(C)CCNCCN1CCS(=O)(=O)CC1. The standard InChI is InChI=1S/C11H24N2O2S/c1-11(2)3-4-12-5-6-13-7-9-16(14,15)10-8-13/h11-12H,3-10H2,1-2H3. The van der Waals surface area contributed by atoms with Gasteiger partial charge in [-0.15, -0.1) is 0 Å². The molecule has 5 heteroatoms. The van der Waals surface area contributed by atoms with Crippen LogP contribution in [-0.4, -0.2) is 57.5 Å². The number of sulfone groups is 1. The number of hydrogen-bond acceptors (Lipinski definition) is 4. The Morgan fingerprint density at radius 1 is 1.19 bits per heavy atom. The normalized spacial score (nSPS) is 21.4. The average Bonchev–Trinajstić information content (AvgIpc) is 2.19. The van der Waals surface area contributed by atoms with Gasteiger partial charge in [-0.3, -0.25) is 0 Å². The zero-order chi connectivity index (χ0) is 12.0. The first-order valence-corrected chi connectivity index (χ1v) is 7.95. The van der Waals surface area contributed by atoms with Crippen LogP contribution in [0.15, 0.2) is 0 Å². The van der Waals surface area contributed by atoms with E-state index in [1.165, 1.54) is 6.42 Å². The second kappa shape index (κ2) is 6.57. The van der Waals surface area contributed by atoms with Gasteiger partial charge in [0.1, 0.15) is 0 Å². The minimum Gasteiger partial charge on any atom is -0.315 e. The molecule has 1 rings (SSSR count). The summed E-state index contributed by atoms with van der Waals surface area (Å²) >= 11 is 0. The summed E-state index contributed by atoms with van der Waals surface area (Å²) in [5.41, 5.74) is 0. The Morgan fingerprint density at radius 2 is 1.81 bits per heavy atom. The topological polar surface area (TPSA) is 49.4 Å². The molecule has 0 amide bonds. The van der Waals surface area contributed by atoms with Gasteiger partial charge in [0.25, 0.3) is 0 Å². The van der Waals surface area contributed by atoms with Crippen LogP contribution in [0.1, 0.15) is 20.3 Å². The maximum absolute atomic E-state index is 11.2. The lowest BCUT2D eigenvalue weighted by molar-refractivity contribution is 0.293. The number of hydrogen-bond donors (Lipinski definition) is 1. The molecule has 0 aromatic carbocycles. The Morgan fingerprint density at radius 3 is 2.38 bits per heavy atom. The molecule has 1 aliphatic heterocycles. The van der Waals surface area contributed by atoms with Gasteiger partial charge in [0, 0.05) is 26.2 Å². The summed E-state index contributed by atoms with van der Waals surface area (Å²) in [6.07, 6.45) is 1.20. The molecule has 1 saturated heterocycles. The maximum Gasteiger partial charge on any atom is 0.152 e. The molecule has 4 nitrogen and oxygen atoms in total. The fourth-order valence-electron chi connectivity index (χ4n) is 1.73. The van der Waals surface area contributed by atoms with E-state index in [-0.39, 0.29) is 0 Å². The van der Waals surface area contributed by atoms with Gasteiger partial charge >= 0.3 is 0 Å². The van der Waals surface area contributed by atoms with Gasteiger partial charge in [0.15, 0.2) is 9.84 Å². The Balaban J connectivity index is 2.02. The predicted octanol–water partition coefficient (Wildman–Crippen LogP) is 0.353. The second-order valence-electron chi connectivity index (χ2n) is 4.93. The molecule has 0 aromatic rings. The molecule has 0 aliphatic carbocycles. The molecule has 96 valence electrons. The smallest absolute Gasteiger partial charge is 0.152 e. The summed E-state index contributed by atoms with van der Waals surface area (Å²) < 4.78 is 22.4. The van der Waals surface area contributed by atoms with Crippen molar-refractivity contribution in [3.05, 3.63) is 0 Å². The average molecular weight is 248 g/mol. The summed E-state index contributed by atoms with van der Waals surface area (Å²) in [5.74, 6) is 1.41. The van der Waals surface area contributed by atoms with E-state index in [1.54, 1.807) is 0 Å². The number of nitrogens with one attached hydrogen (secondary N) is 1. The van der Waals surface area contributed by atoms with Crippen LogP contribution < -0.4 is 5.32 Å². The van der Waals surface area contributed by atoms with E-state index in [2.05, 4.69) is 24.1 Å². The Kier molecular flexibility index (Phi) is 5.72. The van der Waals surface area contributed by atoms with Crippen molar-refractivity contribution < 1.29 is 8.42 Å². The molecule has 0 unspecified atom stereocenters. The minimum absolute atomic E-state index is 0.332. The molecule has 0 atom stereocenters. The first kappa shape index (κ1) is 13.9. The molecule has 1 aliphatic rings. The summed E-state index contributed by atoms with van der Waals surface area (Å²) in [7, 11) is -2.72. The van der Waals surface area contributed by atoms with E-state index in [9.17, 15) is 8.42 Å². The molecule has 0 saturated carbocycles. The summed E-state index contributed by atoms with van der Waals surface area (Å²) in [6, 6.07) is 0. The highest BCUT2D eigenvalue weighted by atomic mass is 32.2. The van der Waals surface area contributed by atoms with Crippen LogP contribution in [0.4, 0.5) is 0 Å². The molecular formula is C11H24N2O2S. The zero-order valence-electron chi connectivity index (χ0n) is 10.4. The maximum atomic E-state index is 11.2. The molecule has 0 bridgehead atoms. The Labute approximate surface area is 99.3 Å². The molecule has 0 radical (unpaired) electrons. The zero-order valence-corrected chi connectivity index (χ0v) is 11.2. The highest BCUT2D eigenvalue weighted by molar-refractivity contribution is 7.91. The number of nitrogens with zero attached hydrogens (tertiary/aromatic N) is 1. The van der Waals surface area contributed by atoms with Gasteiger partial charge in [-0.25, -0.2) is 8.42 Å². The molecular weight excluding hydrogens is 224 g/mol. The van der Waals surface area contributed by atoms with Gasteiger partial charge < -0.3 is 10.2 Å². The van der Waals surface area contributed by atoms with Gasteiger partial charge in [0.05, 0.1) is 11.5 Å². The molecule has 1 N–H and O–H groups in total. The van der Waals surface area contributed by atoms with Crippen molar-refractivity contribution in [1.82, 2.24) is 10.2 Å². The lowest BCUT2D eigenvalue weighted by Gasteiger charge is -2.26. The lowest BCUT2D eigenvalue weighted by Crippen LogP contribution is -2.43. The third-order valence-electron chi connectivity index (χ3n) is 2.94. The van der Waals surface area contributed by atoms with Crippen LogP contribution in [0.3, 0.4) is 0 Å². The van der Waals surface area contributed by atoms with Crippen LogP contribution in [0.5, 0.6) is 0 Å². The van der Waals surface area contributed by atoms with E-state index >= 15 is 0 Å². The largest absolute Gasteiger partial charge is 0.315 e. The summed E-state index contributed by atoms with van der Waals surface area (Å²) in [6.45, 7) is 8.83. The predicted molar refractivity (Wildman–Crippen MR) is 67.4 cm³/mol. The van der Waals surface area contributed by atoms with Crippen LogP contribution in [0.25, 0.3) is 0 Å². The van der Waals surface area contributed by atoms with Crippen molar-refractivity contribution in [2.75, 3.05) is 44.2 Å². The second-order valence-corrected chi connectivity index (χ2v) is 7.23. The monoisotopic (exact) mass is 248 g/mol. The van der Waals surface area contributed by atoms with Crippen molar-refractivity contribution in [2.24, 2.45) is 5.92 Å². The van der Waals surface area contributed by atoms with Crippen molar-refractivity contribution in [1.29, 1.82) is 0 Å². The minimum atomic E-state index is -2.72. The summed E-state index contributed by atoms with van der Waals surface area (Å²) in [5, 5.41) is 3.39. The summed E-state index contributed by atoms with van der Waals surface area (Å²) in [4.78, 5) is 2.23. The van der Waals surface area contributed by atoms with E-state index in [1.807, 2.05) is 0 Å². The molecule has 1 fully saturated rings. The van der Waals surface area contributed by atoms with Crippen LogP contribution in [0.2, 0.25) is 0 Å². The Bertz CT molecular complexity index is 274. The highest BCUT2D eigenvalue weighted by Crippen LogP contribution is 2.02. The third-order valence-corrected chi connectivity index (χ3v) is 4.55. The fraction of sp³-hybridized carbons (Fsp3) is 1.00. The van der Waals surface area contributed by atoms with Gasteiger partial charge in [-0.2, -0.15) is 0 Å². The van der Waals surface area contributed by atoms with Gasteiger partial charge in [-0.05, 0) is 18.9 Å². The van der Waals surface area contributed by atoms with E-state index in [4.69, 9.17) is 0 Å². The number of rotatable bonds is 6. The van der Waals surface area contributed by atoms with Gasteiger partial charge in [0.2, 0.25) is 0 Å². The van der Waals surface area contributed by atoms with Crippen molar-refractivity contribution in [3.8, 4) is 0 Å². The highest BCUT2D eigenvalue weighted by Gasteiger charge is 2.20. The Hall–Kier alpha value is -0.130. The van der Waals surface area contributed by atoms with E-state index in [0.29, 0.717) is 24.6 Å². The first-order valence-electron chi connectivity index (χ1n) is 6.13. The van der Waals surface area contributed by atoms with Crippen LogP contribution in [-0.2, 0) is 9.84 Å². The van der Waals surface area contributed by atoms with Crippen LogP contribution in [0, 0.1) is 5.92 Å². The first-order chi connectivity index (χ1) is 7.49. The van der Waals surface area contributed by atoms with Crippen LogP contribution >= 0.6 is 0 Å². The quantitative estimate of drug-likeness (QED) is 0.689. The molecule has 0 spiro atoms. The van der Waals surface area contributed by atoms with E-state index in [0.717, 1.165) is 25.6 Å². The van der Waals surface area contributed by atoms with Gasteiger partial charge in [-0.1, -0.05) is 13.8 Å². The van der Waals surface area contributed by atoms with Crippen molar-refractivity contribution in [3.63, 3.8) is 0 Å². The molecule has 0 aromatic heterocycles. The fourth-order valence-corrected chi connectivity index (χ4v) is 3.00. The van der Waals surface area contributed by atoms with E-state index < -0.39 is 9.84 Å². The third kappa shape index (κ3) is 5.82. The van der Waals surface area contributed by atoms with Crippen molar-refractivity contribution >= 4 is 9.84 Å². The van der Waals surface area contributed by atoms with Crippen molar-refractivity contribution in [2.45, 2.75) is 20.3 Å². The lowest BCUT2D eigenvalue weighted by atomic mass is 10.1.